The number of hydrogen-bond acceptors (Lipinski definition) is 5. The molecule has 138 valence electrons. The van der Waals surface area contributed by atoms with E-state index < -0.39 is 0 Å². The first-order valence-electron chi connectivity index (χ1n) is 8.69. The van der Waals surface area contributed by atoms with Crippen LogP contribution in [-0.4, -0.2) is 22.5 Å². The first-order chi connectivity index (χ1) is 13.1. The van der Waals surface area contributed by atoms with Crippen molar-refractivity contribution < 1.29 is 14.3 Å². The summed E-state index contributed by atoms with van der Waals surface area (Å²) in [5, 5.41) is 2.89. The van der Waals surface area contributed by atoms with Crippen LogP contribution in [0.15, 0.2) is 54.6 Å². The third kappa shape index (κ3) is 4.41. The highest BCUT2D eigenvalue weighted by molar-refractivity contribution is 6.06. The van der Waals surface area contributed by atoms with Crippen LogP contribution in [0.5, 0.6) is 17.5 Å². The SMILES string of the molecule is CCOc1nc(C)c(NC(=O)c2ccccc2Oc2ccccc2)c(C)n1. The van der Waals surface area contributed by atoms with Crippen LogP contribution in [0.3, 0.4) is 0 Å². The van der Waals surface area contributed by atoms with Gasteiger partial charge in [0.1, 0.15) is 11.5 Å². The number of para-hydroxylation sites is 2. The Bertz CT molecular complexity index is 919. The maximum Gasteiger partial charge on any atom is 0.316 e. The zero-order valence-corrected chi connectivity index (χ0v) is 15.5. The molecule has 3 aromatic rings. The lowest BCUT2D eigenvalue weighted by Gasteiger charge is -2.14. The number of benzene rings is 2. The topological polar surface area (TPSA) is 73.3 Å². The lowest BCUT2D eigenvalue weighted by molar-refractivity contribution is 0.102. The Kier molecular flexibility index (Phi) is 5.66. The molecule has 1 N–H and O–H groups in total. The largest absolute Gasteiger partial charge is 0.464 e. The van der Waals surface area contributed by atoms with Gasteiger partial charge in [-0.3, -0.25) is 4.79 Å². The van der Waals surface area contributed by atoms with E-state index in [2.05, 4.69) is 15.3 Å². The summed E-state index contributed by atoms with van der Waals surface area (Å²) in [5.74, 6) is 0.846. The zero-order valence-electron chi connectivity index (χ0n) is 15.5. The molecule has 0 spiro atoms. The van der Waals surface area contributed by atoms with E-state index in [4.69, 9.17) is 9.47 Å². The van der Waals surface area contributed by atoms with Gasteiger partial charge in [0.2, 0.25) is 0 Å². The Morgan fingerprint density at radius 1 is 0.963 bits per heavy atom. The molecule has 0 atom stereocenters. The molecule has 0 bridgehead atoms. The van der Waals surface area contributed by atoms with E-state index in [9.17, 15) is 4.79 Å². The monoisotopic (exact) mass is 363 g/mol. The van der Waals surface area contributed by atoms with Gasteiger partial charge in [0.15, 0.2) is 0 Å². The third-order valence-corrected chi connectivity index (χ3v) is 3.86. The molecule has 3 rings (SSSR count). The van der Waals surface area contributed by atoms with Crippen molar-refractivity contribution in [2.45, 2.75) is 20.8 Å². The summed E-state index contributed by atoms with van der Waals surface area (Å²) in [7, 11) is 0. The summed E-state index contributed by atoms with van der Waals surface area (Å²) in [4.78, 5) is 21.4. The minimum atomic E-state index is -0.291. The molecule has 0 saturated heterocycles. The van der Waals surface area contributed by atoms with Gasteiger partial charge in [-0.1, -0.05) is 30.3 Å². The number of hydrogen-bond donors (Lipinski definition) is 1. The highest BCUT2D eigenvalue weighted by Gasteiger charge is 2.17. The summed E-state index contributed by atoms with van der Waals surface area (Å²) in [6.45, 7) is 5.96. The van der Waals surface area contributed by atoms with Gasteiger partial charge in [0.05, 0.1) is 29.2 Å². The molecule has 0 aliphatic heterocycles. The number of anilines is 1. The van der Waals surface area contributed by atoms with E-state index >= 15 is 0 Å². The lowest BCUT2D eigenvalue weighted by atomic mass is 10.1. The van der Waals surface area contributed by atoms with Crippen LogP contribution in [0.2, 0.25) is 0 Å². The van der Waals surface area contributed by atoms with Crippen molar-refractivity contribution >= 4 is 11.6 Å². The quantitative estimate of drug-likeness (QED) is 0.696. The van der Waals surface area contributed by atoms with Crippen LogP contribution < -0.4 is 14.8 Å². The van der Waals surface area contributed by atoms with Crippen molar-refractivity contribution in [1.82, 2.24) is 9.97 Å². The number of nitrogens with one attached hydrogen (secondary N) is 1. The summed E-state index contributed by atoms with van der Waals surface area (Å²) in [5.41, 5.74) is 2.27. The van der Waals surface area contributed by atoms with Gasteiger partial charge in [-0.15, -0.1) is 0 Å². The molecule has 1 amide bonds. The van der Waals surface area contributed by atoms with Gasteiger partial charge in [0.25, 0.3) is 5.91 Å². The van der Waals surface area contributed by atoms with Gasteiger partial charge in [-0.25, -0.2) is 0 Å². The fourth-order valence-corrected chi connectivity index (χ4v) is 2.60. The predicted octanol–water partition coefficient (Wildman–Crippen LogP) is 4.54. The first-order valence-corrected chi connectivity index (χ1v) is 8.69. The minimum Gasteiger partial charge on any atom is -0.464 e. The number of amides is 1. The molecule has 6 heteroatoms. The Balaban J connectivity index is 1.85. The van der Waals surface area contributed by atoms with Crippen molar-refractivity contribution in [2.75, 3.05) is 11.9 Å². The summed E-state index contributed by atoms with van der Waals surface area (Å²) in [6, 6.07) is 16.7. The van der Waals surface area contributed by atoms with E-state index in [1.807, 2.05) is 43.3 Å². The van der Waals surface area contributed by atoms with Crippen LogP contribution >= 0.6 is 0 Å². The van der Waals surface area contributed by atoms with Crippen LogP contribution in [0, 0.1) is 13.8 Å². The Morgan fingerprint density at radius 2 is 1.59 bits per heavy atom. The van der Waals surface area contributed by atoms with Gasteiger partial charge >= 0.3 is 6.01 Å². The molecular weight excluding hydrogens is 342 g/mol. The third-order valence-electron chi connectivity index (χ3n) is 3.86. The Morgan fingerprint density at radius 3 is 2.26 bits per heavy atom. The van der Waals surface area contributed by atoms with Crippen molar-refractivity contribution in [3.05, 3.63) is 71.5 Å². The van der Waals surface area contributed by atoms with E-state index in [0.29, 0.717) is 46.8 Å². The number of carbonyl (C=O) groups excluding carboxylic acids is 1. The normalized spacial score (nSPS) is 10.3. The standard InChI is InChI=1S/C21H21N3O3/c1-4-26-21-22-14(2)19(15(3)23-21)24-20(25)17-12-8-9-13-18(17)27-16-10-6-5-7-11-16/h5-13H,4H2,1-3H3,(H,24,25). The fourth-order valence-electron chi connectivity index (χ4n) is 2.60. The second kappa shape index (κ2) is 8.31. The molecule has 1 heterocycles. The van der Waals surface area contributed by atoms with Gasteiger partial charge in [-0.2, -0.15) is 9.97 Å². The van der Waals surface area contributed by atoms with E-state index in [1.54, 1.807) is 32.0 Å². The maximum atomic E-state index is 12.9. The highest BCUT2D eigenvalue weighted by atomic mass is 16.5. The molecule has 0 aliphatic rings. The van der Waals surface area contributed by atoms with Crippen LogP contribution in [0.25, 0.3) is 0 Å². The van der Waals surface area contributed by atoms with Crippen LogP contribution in [0.4, 0.5) is 5.69 Å². The lowest BCUT2D eigenvalue weighted by Crippen LogP contribution is -2.16. The second-order valence-electron chi connectivity index (χ2n) is 5.85. The number of aryl methyl sites for hydroxylation is 2. The molecule has 0 fully saturated rings. The number of carbonyl (C=O) groups is 1. The fraction of sp³-hybridized carbons (Fsp3) is 0.190. The summed E-state index contributed by atoms with van der Waals surface area (Å²) < 4.78 is 11.2. The number of rotatable bonds is 6. The van der Waals surface area contributed by atoms with Crippen molar-refractivity contribution in [3.63, 3.8) is 0 Å². The molecule has 0 unspecified atom stereocenters. The van der Waals surface area contributed by atoms with Crippen molar-refractivity contribution in [2.24, 2.45) is 0 Å². The minimum absolute atomic E-state index is 0.291. The molecule has 6 nitrogen and oxygen atoms in total. The highest BCUT2D eigenvalue weighted by Crippen LogP contribution is 2.27. The molecule has 27 heavy (non-hydrogen) atoms. The van der Waals surface area contributed by atoms with Crippen LogP contribution in [-0.2, 0) is 0 Å². The predicted molar refractivity (Wildman–Crippen MR) is 104 cm³/mol. The Labute approximate surface area is 158 Å². The number of ether oxygens (including phenoxy) is 2. The Hall–Kier alpha value is -3.41. The average Bonchev–Trinajstić information content (AvgIpc) is 2.66. The van der Waals surface area contributed by atoms with Crippen LogP contribution in [0.1, 0.15) is 28.7 Å². The number of aromatic nitrogens is 2. The van der Waals surface area contributed by atoms with E-state index in [-0.39, 0.29) is 5.91 Å². The van der Waals surface area contributed by atoms with Crippen molar-refractivity contribution in [3.8, 4) is 17.5 Å². The molecule has 2 aromatic carbocycles. The second-order valence-corrected chi connectivity index (χ2v) is 5.85. The smallest absolute Gasteiger partial charge is 0.316 e. The maximum absolute atomic E-state index is 12.9. The first kappa shape index (κ1) is 18.4. The number of nitrogens with zero attached hydrogens (tertiary/aromatic N) is 2. The van der Waals surface area contributed by atoms with Gasteiger partial charge < -0.3 is 14.8 Å². The van der Waals surface area contributed by atoms with Gasteiger partial charge in [-0.05, 0) is 45.0 Å². The zero-order chi connectivity index (χ0) is 19.2. The molecule has 0 saturated carbocycles. The average molecular weight is 363 g/mol. The van der Waals surface area contributed by atoms with E-state index in [1.165, 1.54) is 0 Å². The van der Waals surface area contributed by atoms with Gasteiger partial charge in [0, 0.05) is 0 Å². The van der Waals surface area contributed by atoms with E-state index in [0.717, 1.165) is 0 Å². The summed E-state index contributed by atoms with van der Waals surface area (Å²) in [6.07, 6.45) is 0. The summed E-state index contributed by atoms with van der Waals surface area (Å²) >= 11 is 0. The molecule has 0 aliphatic carbocycles. The molecular formula is C21H21N3O3. The molecule has 0 radical (unpaired) electrons. The molecule has 1 aromatic heterocycles. The van der Waals surface area contributed by atoms with Crippen molar-refractivity contribution in [1.29, 1.82) is 0 Å².